The van der Waals surface area contributed by atoms with Crippen molar-refractivity contribution >= 4 is 5.65 Å². The van der Waals surface area contributed by atoms with Crippen molar-refractivity contribution in [2.24, 2.45) is 0 Å². The van der Waals surface area contributed by atoms with E-state index in [4.69, 9.17) is 9.47 Å². The van der Waals surface area contributed by atoms with E-state index in [1.54, 1.807) is 0 Å². The summed E-state index contributed by atoms with van der Waals surface area (Å²) in [5, 5.41) is 3.61. The molecule has 4 rings (SSSR count). The standard InChI is InChI=1S/C19H21N3O2/c1-2-23-15-6-7-18-16(11-15)17(8-10-24-18)20-12-14-13-22-9-4-3-5-19(22)21-14/h3-7,9,11,13,17,20H,2,8,10,12H2,1H3. The summed E-state index contributed by atoms with van der Waals surface area (Å²) < 4.78 is 13.4. The Morgan fingerprint density at radius 1 is 1.33 bits per heavy atom. The summed E-state index contributed by atoms with van der Waals surface area (Å²) in [6.07, 6.45) is 5.03. The van der Waals surface area contributed by atoms with E-state index in [0.29, 0.717) is 6.61 Å². The summed E-state index contributed by atoms with van der Waals surface area (Å²) >= 11 is 0. The van der Waals surface area contributed by atoms with E-state index in [2.05, 4.69) is 22.6 Å². The monoisotopic (exact) mass is 323 g/mol. The number of hydrogen-bond donors (Lipinski definition) is 1. The maximum Gasteiger partial charge on any atom is 0.137 e. The number of imidazole rings is 1. The number of rotatable bonds is 5. The Kier molecular flexibility index (Phi) is 4.09. The minimum Gasteiger partial charge on any atom is -0.494 e. The Bertz CT molecular complexity index is 810. The van der Waals surface area contributed by atoms with Crippen LogP contribution in [0.4, 0.5) is 0 Å². The molecule has 1 N–H and O–H groups in total. The van der Waals surface area contributed by atoms with E-state index in [1.807, 2.05) is 47.9 Å². The first kappa shape index (κ1) is 15.0. The van der Waals surface area contributed by atoms with E-state index in [1.165, 1.54) is 0 Å². The molecule has 1 aromatic carbocycles. The lowest BCUT2D eigenvalue weighted by molar-refractivity contribution is 0.250. The molecule has 1 atom stereocenters. The zero-order valence-electron chi connectivity index (χ0n) is 13.7. The molecule has 5 heteroatoms. The Morgan fingerprint density at radius 3 is 3.17 bits per heavy atom. The lowest BCUT2D eigenvalue weighted by Crippen LogP contribution is -2.27. The van der Waals surface area contributed by atoms with Crippen molar-refractivity contribution in [3.05, 3.63) is 60.0 Å². The Balaban J connectivity index is 1.52. The molecule has 0 saturated heterocycles. The van der Waals surface area contributed by atoms with Gasteiger partial charge in [-0.3, -0.25) is 0 Å². The summed E-state index contributed by atoms with van der Waals surface area (Å²) in [6, 6.07) is 12.3. The van der Waals surface area contributed by atoms with Crippen molar-refractivity contribution in [3.8, 4) is 11.5 Å². The zero-order valence-corrected chi connectivity index (χ0v) is 13.7. The van der Waals surface area contributed by atoms with Crippen LogP contribution in [0.15, 0.2) is 48.8 Å². The number of aromatic nitrogens is 2. The third-order valence-corrected chi connectivity index (χ3v) is 4.28. The van der Waals surface area contributed by atoms with Crippen LogP contribution in [0, 0.1) is 0 Å². The van der Waals surface area contributed by atoms with Crippen molar-refractivity contribution in [2.45, 2.75) is 25.9 Å². The third kappa shape index (κ3) is 2.95. The Morgan fingerprint density at radius 2 is 2.29 bits per heavy atom. The normalized spacial score (nSPS) is 16.6. The number of fused-ring (bicyclic) bond motifs is 2. The molecule has 0 spiro atoms. The fourth-order valence-corrected chi connectivity index (χ4v) is 3.14. The minimum absolute atomic E-state index is 0.249. The fraction of sp³-hybridized carbons (Fsp3) is 0.316. The lowest BCUT2D eigenvalue weighted by atomic mass is 10.00. The summed E-state index contributed by atoms with van der Waals surface area (Å²) in [5.41, 5.74) is 3.17. The van der Waals surface area contributed by atoms with Gasteiger partial charge in [-0.05, 0) is 37.3 Å². The molecule has 24 heavy (non-hydrogen) atoms. The SMILES string of the molecule is CCOc1ccc2c(c1)C(NCc1cn3ccccc3n1)CCO2. The lowest BCUT2D eigenvalue weighted by Gasteiger charge is -2.27. The average Bonchev–Trinajstić information content (AvgIpc) is 3.03. The topological polar surface area (TPSA) is 47.8 Å². The predicted molar refractivity (Wildman–Crippen MR) is 92.5 cm³/mol. The second-order valence-corrected chi connectivity index (χ2v) is 5.90. The highest BCUT2D eigenvalue weighted by atomic mass is 16.5. The van der Waals surface area contributed by atoms with Gasteiger partial charge in [0.2, 0.25) is 0 Å². The first-order valence-electron chi connectivity index (χ1n) is 8.39. The van der Waals surface area contributed by atoms with Gasteiger partial charge in [-0.2, -0.15) is 0 Å². The molecule has 3 aromatic rings. The van der Waals surface area contributed by atoms with E-state index >= 15 is 0 Å². The highest BCUT2D eigenvalue weighted by Gasteiger charge is 2.22. The van der Waals surface area contributed by atoms with Crippen molar-refractivity contribution in [2.75, 3.05) is 13.2 Å². The number of nitrogens with zero attached hydrogens (tertiary/aromatic N) is 2. The molecule has 0 fully saturated rings. The first-order chi connectivity index (χ1) is 11.8. The molecule has 5 nitrogen and oxygen atoms in total. The van der Waals surface area contributed by atoms with Crippen LogP contribution < -0.4 is 14.8 Å². The smallest absolute Gasteiger partial charge is 0.137 e. The second-order valence-electron chi connectivity index (χ2n) is 5.90. The molecule has 2 aromatic heterocycles. The first-order valence-corrected chi connectivity index (χ1v) is 8.39. The molecule has 1 unspecified atom stereocenters. The fourth-order valence-electron chi connectivity index (χ4n) is 3.14. The number of benzene rings is 1. The van der Waals surface area contributed by atoms with Gasteiger partial charge in [-0.1, -0.05) is 6.07 Å². The van der Waals surface area contributed by atoms with Crippen molar-refractivity contribution in [1.29, 1.82) is 0 Å². The second kappa shape index (κ2) is 6.53. The van der Waals surface area contributed by atoms with Crippen LogP contribution in [0.2, 0.25) is 0 Å². The average molecular weight is 323 g/mol. The van der Waals surface area contributed by atoms with Gasteiger partial charge in [0.05, 0.1) is 18.9 Å². The van der Waals surface area contributed by atoms with Crippen LogP contribution in [-0.4, -0.2) is 22.6 Å². The predicted octanol–water partition coefficient (Wildman–Crippen LogP) is 3.35. The minimum atomic E-state index is 0.249. The van der Waals surface area contributed by atoms with Crippen LogP contribution in [0.5, 0.6) is 11.5 Å². The number of pyridine rings is 1. The quantitative estimate of drug-likeness (QED) is 0.782. The summed E-state index contributed by atoms with van der Waals surface area (Å²) in [6.45, 7) is 4.11. The molecular formula is C19H21N3O2. The highest BCUT2D eigenvalue weighted by Crippen LogP contribution is 2.35. The molecule has 1 aliphatic rings. The number of hydrogen-bond acceptors (Lipinski definition) is 4. The van der Waals surface area contributed by atoms with Gasteiger partial charge in [0.15, 0.2) is 0 Å². The van der Waals surface area contributed by atoms with Crippen LogP contribution in [0.3, 0.4) is 0 Å². The molecule has 0 saturated carbocycles. The molecule has 0 amide bonds. The molecular weight excluding hydrogens is 302 g/mol. The van der Waals surface area contributed by atoms with Gasteiger partial charge in [0.1, 0.15) is 17.1 Å². The van der Waals surface area contributed by atoms with Gasteiger partial charge in [-0.25, -0.2) is 4.98 Å². The molecule has 124 valence electrons. The van der Waals surface area contributed by atoms with E-state index in [0.717, 1.165) is 48.0 Å². The van der Waals surface area contributed by atoms with E-state index in [9.17, 15) is 0 Å². The summed E-state index contributed by atoms with van der Waals surface area (Å²) in [7, 11) is 0. The molecule has 0 radical (unpaired) electrons. The molecule has 1 aliphatic heterocycles. The summed E-state index contributed by atoms with van der Waals surface area (Å²) in [5.74, 6) is 1.83. The van der Waals surface area contributed by atoms with E-state index in [-0.39, 0.29) is 6.04 Å². The van der Waals surface area contributed by atoms with Crippen LogP contribution in [0.25, 0.3) is 5.65 Å². The molecule has 0 bridgehead atoms. The number of ether oxygens (including phenoxy) is 2. The summed E-state index contributed by atoms with van der Waals surface area (Å²) in [4.78, 5) is 4.64. The van der Waals surface area contributed by atoms with Gasteiger partial charge in [0, 0.05) is 37.0 Å². The third-order valence-electron chi connectivity index (χ3n) is 4.28. The van der Waals surface area contributed by atoms with Gasteiger partial charge >= 0.3 is 0 Å². The van der Waals surface area contributed by atoms with Crippen LogP contribution >= 0.6 is 0 Å². The Labute approximate surface area is 141 Å². The maximum atomic E-state index is 5.77. The zero-order chi connectivity index (χ0) is 16.4. The maximum absolute atomic E-state index is 5.77. The van der Waals surface area contributed by atoms with Gasteiger partial charge in [0.25, 0.3) is 0 Å². The van der Waals surface area contributed by atoms with Gasteiger partial charge < -0.3 is 19.2 Å². The molecule has 0 aliphatic carbocycles. The highest BCUT2D eigenvalue weighted by molar-refractivity contribution is 5.43. The van der Waals surface area contributed by atoms with Crippen LogP contribution in [0.1, 0.15) is 30.6 Å². The van der Waals surface area contributed by atoms with Crippen LogP contribution in [-0.2, 0) is 6.54 Å². The van der Waals surface area contributed by atoms with Gasteiger partial charge in [-0.15, -0.1) is 0 Å². The number of nitrogens with one attached hydrogen (secondary N) is 1. The molecule has 3 heterocycles. The van der Waals surface area contributed by atoms with Crippen molar-refractivity contribution in [1.82, 2.24) is 14.7 Å². The van der Waals surface area contributed by atoms with Crippen molar-refractivity contribution in [3.63, 3.8) is 0 Å². The van der Waals surface area contributed by atoms with E-state index < -0.39 is 0 Å². The van der Waals surface area contributed by atoms with Crippen molar-refractivity contribution < 1.29 is 9.47 Å². The largest absolute Gasteiger partial charge is 0.494 e. The Hall–Kier alpha value is -2.53.